The van der Waals surface area contributed by atoms with Crippen molar-refractivity contribution in [2.75, 3.05) is 14.1 Å². The van der Waals surface area contributed by atoms with Gasteiger partial charge in [-0.15, -0.1) is 10.2 Å². The Morgan fingerprint density at radius 2 is 2.16 bits per heavy atom. The van der Waals surface area contributed by atoms with Gasteiger partial charge < -0.3 is 14.8 Å². The lowest BCUT2D eigenvalue weighted by Gasteiger charge is -2.34. The second kappa shape index (κ2) is 6.87. The van der Waals surface area contributed by atoms with Crippen LogP contribution in [0.15, 0.2) is 6.07 Å². The Kier molecular flexibility index (Phi) is 4.80. The molecule has 1 aliphatic rings. The molecule has 1 saturated carbocycles. The van der Waals surface area contributed by atoms with Crippen LogP contribution in [0.4, 0.5) is 8.78 Å². The summed E-state index contributed by atoms with van der Waals surface area (Å²) in [7, 11) is 5.88. The molecule has 0 spiro atoms. The van der Waals surface area contributed by atoms with Gasteiger partial charge in [-0.25, -0.2) is 8.78 Å². The van der Waals surface area contributed by atoms with Crippen molar-refractivity contribution in [1.29, 1.82) is 0 Å². The zero-order valence-electron chi connectivity index (χ0n) is 14.3. The standard InChI is InChI=1S/C15H21F2N7O/c1-23(2)7-12-21-22-14(24(12)3)8-4-9(5-8)18-15(25)11-6-10(13(16)17)19-20-11/h6,8-9,13H,4-5,7H2,1-3H3,(H,18,25)(H,19,20). The van der Waals surface area contributed by atoms with Gasteiger partial charge in [-0.2, -0.15) is 5.10 Å². The Morgan fingerprint density at radius 1 is 1.44 bits per heavy atom. The van der Waals surface area contributed by atoms with E-state index in [9.17, 15) is 13.6 Å². The summed E-state index contributed by atoms with van der Waals surface area (Å²) in [5.41, 5.74) is -0.380. The Hall–Kier alpha value is -2.36. The first-order valence-electron chi connectivity index (χ1n) is 8.02. The SMILES string of the molecule is CN(C)Cc1nnc(C2CC(NC(=O)c3cc(C(F)F)[nH]n3)C2)n1C. The maximum absolute atomic E-state index is 12.5. The fraction of sp³-hybridized carbons (Fsp3) is 0.600. The molecule has 0 saturated heterocycles. The van der Waals surface area contributed by atoms with Crippen molar-refractivity contribution < 1.29 is 13.6 Å². The molecule has 0 radical (unpaired) electrons. The normalized spacial score (nSPS) is 20.1. The largest absolute Gasteiger partial charge is 0.348 e. The highest BCUT2D eigenvalue weighted by Crippen LogP contribution is 2.36. The molecule has 2 aromatic rings. The summed E-state index contributed by atoms with van der Waals surface area (Å²) in [6.45, 7) is 0.710. The van der Waals surface area contributed by atoms with E-state index in [-0.39, 0.29) is 23.3 Å². The molecule has 0 aromatic carbocycles. The molecule has 1 fully saturated rings. The lowest BCUT2D eigenvalue weighted by Crippen LogP contribution is -2.44. The summed E-state index contributed by atoms with van der Waals surface area (Å²) in [6.07, 6.45) is -1.19. The quantitative estimate of drug-likeness (QED) is 0.815. The molecule has 10 heteroatoms. The van der Waals surface area contributed by atoms with E-state index in [2.05, 4.69) is 25.7 Å². The van der Waals surface area contributed by atoms with Crippen LogP contribution >= 0.6 is 0 Å². The minimum absolute atomic E-state index is 0.0156. The van der Waals surface area contributed by atoms with Gasteiger partial charge in [0.2, 0.25) is 0 Å². The van der Waals surface area contributed by atoms with E-state index < -0.39 is 12.3 Å². The van der Waals surface area contributed by atoms with Crippen LogP contribution in [0.1, 0.15) is 53.0 Å². The maximum atomic E-state index is 12.5. The molecule has 0 aliphatic heterocycles. The first-order chi connectivity index (χ1) is 11.8. The molecule has 1 amide bonds. The first-order valence-corrected chi connectivity index (χ1v) is 8.02. The van der Waals surface area contributed by atoms with E-state index in [0.29, 0.717) is 6.54 Å². The van der Waals surface area contributed by atoms with Crippen molar-refractivity contribution in [3.63, 3.8) is 0 Å². The fourth-order valence-electron chi connectivity index (χ4n) is 2.92. The van der Waals surface area contributed by atoms with Gasteiger partial charge in [0, 0.05) is 19.0 Å². The molecule has 0 unspecified atom stereocenters. The van der Waals surface area contributed by atoms with E-state index in [4.69, 9.17) is 0 Å². The van der Waals surface area contributed by atoms with Crippen molar-refractivity contribution >= 4 is 5.91 Å². The summed E-state index contributed by atoms with van der Waals surface area (Å²) in [5, 5.41) is 17.1. The van der Waals surface area contributed by atoms with Gasteiger partial charge in [0.25, 0.3) is 12.3 Å². The first kappa shape index (κ1) is 17.5. The third-order valence-corrected chi connectivity index (χ3v) is 4.36. The number of hydrogen-bond acceptors (Lipinski definition) is 5. The van der Waals surface area contributed by atoms with Crippen molar-refractivity contribution in [1.82, 2.24) is 35.2 Å². The highest BCUT2D eigenvalue weighted by molar-refractivity contribution is 5.92. The minimum atomic E-state index is -2.67. The van der Waals surface area contributed by atoms with Crippen LogP contribution in [0.5, 0.6) is 0 Å². The zero-order valence-corrected chi connectivity index (χ0v) is 14.3. The van der Waals surface area contributed by atoms with Crippen LogP contribution in [0.25, 0.3) is 0 Å². The third-order valence-electron chi connectivity index (χ3n) is 4.36. The Balaban J connectivity index is 1.54. The highest BCUT2D eigenvalue weighted by Gasteiger charge is 2.35. The van der Waals surface area contributed by atoms with E-state index >= 15 is 0 Å². The van der Waals surface area contributed by atoms with Crippen LogP contribution in [0.3, 0.4) is 0 Å². The van der Waals surface area contributed by atoms with Gasteiger partial charge in [-0.05, 0) is 33.0 Å². The van der Waals surface area contributed by atoms with Crippen molar-refractivity contribution in [3.8, 4) is 0 Å². The van der Waals surface area contributed by atoms with Gasteiger partial charge >= 0.3 is 0 Å². The second-order valence-electron chi connectivity index (χ2n) is 6.62. The molecule has 0 atom stereocenters. The number of carbonyl (C=O) groups is 1. The average Bonchev–Trinajstić information content (AvgIpc) is 3.11. The zero-order chi connectivity index (χ0) is 18.1. The average molecular weight is 353 g/mol. The van der Waals surface area contributed by atoms with Gasteiger partial charge in [0.15, 0.2) is 0 Å². The molecular formula is C15H21F2N7O. The number of rotatable bonds is 6. The molecule has 3 rings (SSSR count). The van der Waals surface area contributed by atoms with E-state index in [0.717, 1.165) is 30.6 Å². The number of nitrogens with zero attached hydrogens (tertiary/aromatic N) is 5. The molecule has 25 heavy (non-hydrogen) atoms. The number of hydrogen-bond donors (Lipinski definition) is 2. The third kappa shape index (κ3) is 3.68. The number of carbonyl (C=O) groups excluding carboxylic acids is 1. The summed E-state index contributed by atoms with van der Waals surface area (Å²) in [6, 6.07) is 1.06. The summed E-state index contributed by atoms with van der Waals surface area (Å²) >= 11 is 0. The minimum Gasteiger partial charge on any atom is -0.348 e. The van der Waals surface area contributed by atoms with Crippen LogP contribution in [0.2, 0.25) is 0 Å². The molecule has 2 N–H and O–H groups in total. The number of aromatic amines is 1. The van der Waals surface area contributed by atoms with Crippen LogP contribution in [-0.2, 0) is 13.6 Å². The van der Waals surface area contributed by atoms with Crippen molar-refractivity contribution in [2.45, 2.75) is 37.8 Å². The number of aromatic nitrogens is 5. The van der Waals surface area contributed by atoms with E-state index in [1.54, 1.807) is 0 Å². The van der Waals surface area contributed by atoms with Gasteiger partial charge in [-0.1, -0.05) is 0 Å². The van der Waals surface area contributed by atoms with Crippen LogP contribution in [0, 0.1) is 0 Å². The van der Waals surface area contributed by atoms with Gasteiger partial charge in [0.1, 0.15) is 23.0 Å². The lowest BCUT2D eigenvalue weighted by atomic mass is 9.79. The number of alkyl halides is 2. The molecule has 0 bridgehead atoms. The predicted octanol–water partition coefficient (Wildman–Crippen LogP) is 1.21. The topological polar surface area (TPSA) is 91.7 Å². The van der Waals surface area contributed by atoms with Crippen molar-refractivity contribution in [2.24, 2.45) is 7.05 Å². The summed E-state index contributed by atoms with van der Waals surface area (Å²) in [4.78, 5) is 14.1. The van der Waals surface area contributed by atoms with Crippen molar-refractivity contribution in [3.05, 3.63) is 29.1 Å². The molecule has 8 nitrogen and oxygen atoms in total. The summed E-state index contributed by atoms with van der Waals surface area (Å²) in [5.74, 6) is 1.58. The number of H-pyrrole nitrogens is 1. The van der Waals surface area contributed by atoms with Crippen LogP contribution < -0.4 is 5.32 Å². The number of amides is 1. The second-order valence-corrected chi connectivity index (χ2v) is 6.62. The molecule has 1 aliphatic carbocycles. The van der Waals surface area contributed by atoms with Gasteiger partial charge in [0.05, 0.1) is 6.54 Å². The molecular weight excluding hydrogens is 332 g/mol. The highest BCUT2D eigenvalue weighted by atomic mass is 19.3. The Labute approximate surface area is 143 Å². The van der Waals surface area contributed by atoms with Gasteiger partial charge in [-0.3, -0.25) is 9.89 Å². The summed E-state index contributed by atoms with van der Waals surface area (Å²) < 4.78 is 27.0. The van der Waals surface area contributed by atoms with Crippen LogP contribution in [-0.4, -0.2) is 55.9 Å². The number of halogens is 2. The van der Waals surface area contributed by atoms with E-state index in [1.165, 1.54) is 0 Å². The van der Waals surface area contributed by atoms with E-state index in [1.807, 2.05) is 30.6 Å². The molecule has 136 valence electrons. The maximum Gasteiger partial charge on any atom is 0.279 e. The molecule has 2 aromatic heterocycles. The monoisotopic (exact) mass is 353 g/mol. The lowest BCUT2D eigenvalue weighted by molar-refractivity contribution is 0.0901. The number of nitrogens with one attached hydrogen (secondary N) is 2. The smallest absolute Gasteiger partial charge is 0.279 e. The predicted molar refractivity (Wildman–Crippen MR) is 85.2 cm³/mol. The Morgan fingerprint density at radius 3 is 2.76 bits per heavy atom. The fourth-order valence-corrected chi connectivity index (χ4v) is 2.92. The molecule has 2 heterocycles. The Bertz CT molecular complexity index is 749.